The molecule has 4 fully saturated rings. The summed E-state index contributed by atoms with van der Waals surface area (Å²) in [5, 5.41) is 3.71. The van der Waals surface area contributed by atoms with Crippen molar-refractivity contribution in [1.82, 2.24) is 25.2 Å². The molecular weight excluding hydrogens is 640 g/mol. The molecule has 0 amide bonds. The minimum Gasteiger partial charge on any atom is -0.480 e. The van der Waals surface area contributed by atoms with E-state index in [1.165, 1.54) is 7.11 Å². The van der Waals surface area contributed by atoms with Crippen LogP contribution in [-0.4, -0.2) is 76.9 Å². The van der Waals surface area contributed by atoms with Gasteiger partial charge in [0.1, 0.15) is 29.0 Å². The predicted octanol–water partition coefficient (Wildman–Crippen LogP) is 6.08. The predicted molar refractivity (Wildman–Crippen MR) is 168 cm³/mol. The first-order valence-electron chi connectivity index (χ1n) is 16.1. The first-order chi connectivity index (χ1) is 22.8. The van der Waals surface area contributed by atoms with Crippen LogP contribution in [0, 0.1) is 18.6 Å². The Balaban J connectivity index is 1.43. The molecule has 0 spiro atoms. The second-order valence-electron chi connectivity index (χ2n) is 13.6. The number of alkyl halides is 3. The Morgan fingerprint density at radius 2 is 1.96 bits per heavy atom. The third-order valence-corrected chi connectivity index (χ3v) is 10.6. The van der Waals surface area contributed by atoms with Crippen LogP contribution in [0.4, 0.5) is 37.8 Å². The Morgan fingerprint density at radius 1 is 1.17 bits per heavy atom. The summed E-state index contributed by atoms with van der Waals surface area (Å²) < 4.78 is 101. The van der Waals surface area contributed by atoms with Gasteiger partial charge >= 0.3 is 12.2 Å². The Kier molecular flexibility index (Phi) is 7.93. The van der Waals surface area contributed by atoms with Crippen molar-refractivity contribution in [1.29, 1.82) is 0 Å². The van der Waals surface area contributed by atoms with E-state index in [2.05, 4.69) is 27.1 Å². The van der Waals surface area contributed by atoms with E-state index in [1.54, 1.807) is 0 Å². The van der Waals surface area contributed by atoms with Crippen molar-refractivity contribution in [2.45, 2.75) is 75.7 Å². The molecule has 0 aliphatic carbocycles. The van der Waals surface area contributed by atoms with E-state index >= 15 is 8.78 Å². The molecule has 4 saturated heterocycles. The molecule has 9 nitrogen and oxygen atoms in total. The van der Waals surface area contributed by atoms with Gasteiger partial charge in [0.15, 0.2) is 11.6 Å². The number of aromatic nitrogens is 3. The van der Waals surface area contributed by atoms with Crippen LogP contribution >= 0.6 is 0 Å². The molecule has 2 aromatic heterocycles. The number of hydrogen-bond acceptors (Lipinski definition) is 9. The lowest BCUT2D eigenvalue weighted by Crippen LogP contribution is -2.59. The minimum absolute atomic E-state index is 0.0254. The number of fused-ring (bicyclic) bond motifs is 4. The monoisotopic (exact) mass is 677 g/mol. The van der Waals surface area contributed by atoms with E-state index in [9.17, 15) is 17.6 Å². The van der Waals surface area contributed by atoms with Crippen molar-refractivity contribution in [2.24, 2.45) is 0 Å². The number of nitrogens with zero attached hydrogens (tertiary/aromatic N) is 5. The van der Waals surface area contributed by atoms with Gasteiger partial charge in [-0.15, -0.1) is 0 Å². The number of nitrogen functional groups attached to an aromatic ring is 1. The highest BCUT2D eigenvalue weighted by molar-refractivity contribution is 5.97. The zero-order chi connectivity index (χ0) is 34.2. The standard InChI is InChI=1S/C33H37F6N7O2/c1-4-31-8-6-19(44-31)14-45(15-31)28-22-27(42-30(43-28)48-16-32-7-5-9-46(32)13-18(11-32)12-34)25(36)26(41-29(22)47-3)21-23(33(37,38)39)17(2)10-20(40)24(21)35/h10,12,19,44H,4-9,11,13-16,40H2,1-3H3/b18-12-/t19?,31?,32-/m0/s1. The summed E-state index contributed by atoms with van der Waals surface area (Å²) in [6.07, 6.45) is 0.295. The Morgan fingerprint density at radius 3 is 2.67 bits per heavy atom. The number of aryl methyl sites for hydroxylation is 1. The van der Waals surface area contributed by atoms with Crippen molar-refractivity contribution in [3.05, 3.63) is 40.7 Å². The van der Waals surface area contributed by atoms with E-state index in [0.717, 1.165) is 51.6 Å². The number of benzene rings is 1. The molecule has 6 heterocycles. The fraction of sp³-hybridized carbons (Fsp3) is 0.545. The van der Waals surface area contributed by atoms with Crippen molar-refractivity contribution < 1.29 is 35.8 Å². The number of pyridine rings is 1. The molecule has 7 rings (SSSR count). The van der Waals surface area contributed by atoms with Gasteiger partial charge in [0.05, 0.1) is 35.8 Å². The molecule has 2 bridgehead atoms. The molecule has 3 atom stereocenters. The van der Waals surface area contributed by atoms with Gasteiger partial charge in [0.2, 0.25) is 5.88 Å². The zero-order valence-corrected chi connectivity index (χ0v) is 26.9. The molecule has 2 unspecified atom stereocenters. The third-order valence-electron chi connectivity index (χ3n) is 10.6. The van der Waals surface area contributed by atoms with Gasteiger partial charge in [-0.1, -0.05) is 6.92 Å². The summed E-state index contributed by atoms with van der Waals surface area (Å²) in [4.78, 5) is 17.4. The largest absolute Gasteiger partial charge is 0.480 e. The molecule has 1 aromatic carbocycles. The van der Waals surface area contributed by atoms with E-state index in [1.807, 2.05) is 4.90 Å². The van der Waals surface area contributed by atoms with E-state index in [-0.39, 0.29) is 41.3 Å². The summed E-state index contributed by atoms with van der Waals surface area (Å²) >= 11 is 0. The summed E-state index contributed by atoms with van der Waals surface area (Å²) in [5.41, 5.74) is 0.750. The van der Waals surface area contributed by atoms with Crippen molar-refractivity contribution in [2.75, 3.05) is 50.5 Å². The summed E-state index contributed by atoms with van der Waals surface area (Å²) in [5.74, 6) is -2.80. The summed E-state index contributed by atoms with van der Waals surface area (Å²) in [6, 6.07) is 0.751. The number of nitrogens with two attached hydrogens (primary N) is 1. The quantitative estimate of drug-likeness (QED) is 0.228. The number of ether oxygens (including phenoxy) is 2. The molecule has 48 heavy (non-hydrogen) atoms. The van der Waals surface area contributed by atoms with Crippen LogP contribution in [0.25, 0.3) is 22.2 Å². The topological polar surface area (TPSA) is 102 Å². The van der Waals surface area contributed by atoms with Gasteiger partial charge in [-0.25, -0.2) is 18.2 Å². The fourth-order valence-electron chi connectivity index (χ4n) is 8.31. The van der Waals surface area contributed by atoms with Crippen LogP contribution in [0.15, 0.2) is 18.0 Å². The number of anilines is 2. The first kappa shape index (κ1) is 32.7. The second-order valence-corrected chi connectivity index (χ2v) is 13.6. The lowest BCUT2D eigenvalue weighted by molar-refractivity contribution is -0.137. The van der Waals surface area contributed by atoms with Crippen LogP contribution in [0.2, 0.25) is 0 Å². The van der Waals surface area contributed by atoms with Gasteiger partial charge in [-0.3, -0.25) is 4.90 Å². The van der Waals surface area contributed by atoms with Crippen LogP contribution in [0.5, 0.6) is 11.9 Å². The molecule has 3 aromatic rings. The average molecular weight is 678 g/mol. The number of piperazine rings is 1. The van der Waals surface area contributed by atoms with E-state index in [4.69, 9.17) is 20.2 Å². The highest BCUT2D eigenvalue weighted by atomic mass is 19.4. The van der Waals surface area contributed by atoms with Gasteiger partial charge in [0, 0.05) is 31.2 Å². The van der Waals surface area contributed by atoms with Crippen LogP contribution in [0.1, 0.15) is 56.6 Å². The molecule has 0 radical (unpaired) electrons. The number of nitrogens with one attached hydrogen (secondary N) is 1. The number of methoxy groups -OCH3 is 1. The third kappa shape index (κ3) is 5.20. The van der Waals surface area contributed by atoms with E-state index in [0.29, 0.717) is 38.0 Å². The summed E-state index contributed by atoms with van der Waals surface area (Å²) in [6.45, 7) is 5.51. The Bertz CT molecular complexity index is 1820. The molecule has 258 valence electrons. The SMILES string of the molecule is CCC12CCC(CN(c3nc(OC[C@@]45CCCN4C/C(=C\F)C5)nc4c(F)c(-c5c(F)c(N)cc(C)c5C(F)(F)F)nc(OC)c34)C1)N2. The maximum absolute atomic E-state index is 16.8. The fourth-order valence-corrected chi connectivity index (χ4v) is 8.31. The lowest BCUT2D eigenvalue weighted by atomic mass is 9.93. The average Bonchev–Trinajstić information content (AvgIpc) is 3.71. The normalized spacial score (nSPS) is 26.6. The highest BCUT2D eigenvalue weighted by Crippen LogP contribution is 2.47. The van der Waals surface area contributed by atoms with Crippen molar-refractivity contribution in [3.8, 4) is 23.1 Å². The smallest absolute Gasteiger partial charge is 0.417 e. The van der Waals surface area contributed by atoms with Crippen LogP contribution < -0.4 is 25.4 Å². The van der Waals surface area contributed by atoms with Crippen molar-refractivity contribution >= 4 is 22.4 Å². The van der Waals surface area contributed by atoms with Crippen LogP contribution in [0.3, 0.4) is 0 Å². The number of rotatable bonds is 7. The van der Waals surface area contributed by atoms with Crippen LogP contribution in [-0.2, 0) is 6.18 Å². The highest BCUT2D eigenvalue weighted by Gasteiger charge is 2.48. The minimum atomic E-state index is -5.06. The van der Waals surface area contributed by atoms with Gasteiger partial charge in [-0.05, 0) is 69.2 Å². The molecule has 3 N–H and O–H groups in total. The van der Waals surface area contributed by atoms with Crippen molar-refractivity contribution in [3.63, 3.8) is 0 Å². The number of halogens is 6. The van der Waals surface area contributed by atoms with Gasteiger partial charge in [0.25, 0.3) is 0 Å². The second kappa shape index (κ2) is 11.6. The molecule has 15 heteroatoms. The summed E-state index contributed by atoms with van der Waals surface area (Å²) in [7, 11) is 1.24. The lowest BCUT2D eigenvalue weighted by Gasteiger charge is -2.42. The van der Waals surface area contributed by atoms with Gasteiger partial charge in [-0.2, -0.15) is 23.1 Å². The Labute approximate surface area is 273 Å². The first-order valence-corrected chi connectivity index (χ1v) is 16.1. The molecule has 0 saturated carbocycles. The molecular formula is C33H37F6N7O2. The molecule has 4 aliphatic heterocycles. The maximum atomic E-state index is 16.8. The zero-order valence-electron chi connectivity index (χ0n) is 26.9. The molecule has 4 aliphatic rings. The number of hydrogen-bond donors (Lipinski definition) is 2. The van der Waals surface area contributed by atoms with Gasteiger partial charge < -0.3 is 25.4 Å². The Hall–Kier alpha value is -3.85. The maximum Gasteiger partial charge on any atom is 0.417 e. The van der Waals surface area contributed by atoms with E-state index < -0.39 is 56.9 Å².